The molecule has 3 N–H and O–H groups in total. The molecular formula is C18H20N6O3. The highest BCUT2D eigenvalue weighted by Gasteiger charge is 2.31. The van der Waals surface area contributed by atoms with Gasteiger partial charge in [0.25, 0.3) is 0 Å². The Hall–Kier alpha value is -3.20. The number of nitrogen functional groups attached to an aromatic ring is 1. The maximum absolute atomic E-state index is 10.2. The fraction of sp³-hybridized carbons (Fsp3) is 0.333. The molecule has 3 heterocycles. The van der Waals surface area contributed by atoms with E-state index in [9.17, 15) is 5.11 Å². The van der Waals surface area contributed by atoms with Gasteiger partial charge in [0.1, 0.15) is 23.6 Å². The van der Waals surface area contributed by atoms with E-state index in [0.717, 1.165) is 24.9 Å². The summed E-state index contributed by atoms with van der Waals surface area (Å²) in [5, 5.41) is 14.3. The van der Waals surface area contributed by atoms with Crippen LogP contribution in [0, 0.1) is 0 Å². The Morgan fingerprint density at radius 2 is 2.30 bits per heavy atom. The van der Waals surface area contributed by atoms with Crippen molar-refractivity contribution in [2.75, 3.05) is 19.4 Å². The Morgan fingerprint density at radius 3 is 3.07 bits per heavy atom. The highest BCUT2D eigenvalue weighted by Crippen LogP contribution is 2.35. The van der Waals surface area contributed by atoms with Gasteiger partial charge in [-0.15, -0.1) is 0 Å². The molecule has 0 spiro atoms. The Morgan fingerprint density at radius 1 is 1.41 bits per heavy atom. The first-order valence-electron chi connectivity index (χ1n) is 8.65. The highest BCUT2D eigenvalue weighted by atomic mass is 16.5. The molecule has 4 rings (SSSR count). The quantitative estimate of drug-likeness (QED) is 0.697. The van der Waals surface area contributed by atoms with Crippen LogP contribution >= 0.6 is 0 Å². The molecule has 27 heavy (non-hydrogen) atoms. The van der Waals surface area contributed by atoms with Crippen LogP contribution in [0.1, 0.15) is 30.3 Å². The molecule has 1 saturated heterocycles. The molecule has 0 aliphatic carbocycles. The summed E-state index contributed by atoms with van der Waals surface area (Å²) in [6.07, 6.45) is 4.86. The van der Waals surface area contributed by atoms with Crippen molar-refractivity contribution in [2.24, 2.45) is 0 Å². The first kappa shape index (κ1) is 17.2. The minimum atomic E-state index is -0.0152. The zero-order valence-corrected chi connectivity index (χ0v) is 14.9. The van der Waals surface area contributed by atoms with Crippen LogP contribution in [0.25, 0.3) is 11.4 Å². The monoisotopic (exact) mass is 368 g/mol. The third-order valence-electron chi connectivity index (χ3n) is 4.74. The zero-order chi connectivity index (χ0) is 18.8. The van der Waals surface area contributed by atoms with Gasteiger partial charge in [0, 0.05) is 24.4 Å². The first-order valence-corrected chi connectivity index (χ1v) is 8.65. The summed E-state index contributed by atoms with van der Waals surface area (Å²) in [5.74, 6) is 2.05. The number of aromatic hydroxyl groups is 1. The smallest absolute Gasteiger partial charge is 0.244 e. The number of hydrogen-bond donors (Lipinski definition) is 2. The molecule has 9 heteroatoms. The average Bonchev–Trinajstić information content (AvgIpc) is 3.33. The Kier molecular flexibility index (Phi) is 4.59. The van der Waals surface area contributed by atoms with Crippen LogP contribution in [0.5, 0.6) is 11.5 Å². The number of methoxy groups -OCH3 is 1. The van der Waals surface area contributed by atoms with E-state index in [4.69, 9.17) is 15.0 Å². The maximum atomic E-state index is 10.2. The number of ether oxygens (including phenoxy) is 1. The molecule has 0 saturated carbocycles. The number of likely N-dealkylation sites (tertiary alicyclic amines) is 1. The van der Waals surface area contributed by atoms with Gasteiger partial charge in [-0.2, -0.15) is 4.98 Å². The largest absolute Gasteiger partial charge is 0.507 e. The summed E-state index contributed by atoms with van der Waals surface area (Å²) in [7, 11) is 1.57. The van der Waals surface area contributed by atoms with Crippen molar-refractivity contribution < 1.29 is 14.4 Å². The molecule has 0 unspecified atom stereocenters. The number of nitrogens with two attached hydrogens (primary N) is 1. The second-order valence-electron chi connectivity index (χ2n) is 6.40. The lowest BCUT2D eigenvalue weighted by molar-refractivity contribution is 0.199. The predicted octanol–water partition coefficient (Wildman–Crippen LogP) is 2.16. The van der Waals surface area contributed by atoms with Gasteiger partial charge in [-0.1, -0.05) is 11.2 Å². The van der Waals surface area contributed by atoms with E-state index in [1.807, 2.05) is 12.1 Å². The van der Waals surface area contributed by atoms with E-state index >= 15 is 0 Å². The third kappa shape index (κ3) is 3.41. The Labute approximate surface area is 155 Å². The van der Waals surface area contributed by atoms with Crippen molar-refractivity contribution in [1.82, 2.24) is 25.0 Å². The summed E-state index contributed by atoms with van der Waals surface area (Å²) >= 11 is 0. The third-order valence-corrected chi connectivity index (χ3v) is 4.74. The van der Waals surface area contributed by atoms with E-state index in [0.29, 0.717) is 35.4 Å². The highest BCUT2D eigenvalue weighted by molar-refractivity contribution is 5.66. The molecule has 3 aromatic rings. The van der Waals surface area contributed by atoms with E-state index in [-0.39, 0.29) is 11.8 Å². The minimum Gasteiger partial charge on any atom is -0.507 e. The minimum absolute atomic E-state index is 0.0152. The number of nitrogens with zero attached hydrogens (tertiary/aromatic N) is 5. The fourth-order valence-electron chi connectivity index (χ4n) is 3.31. The van der Waals surface area contributed by atoms with Crippen molar-refractivity contribution in [2.45, 2.75) is 25.4 Å². The normalized spacial score (nSPS) is 17.3. The Bertz CT molecular complexity index is 944. The average molecular weight is 368 g/mol. The van der Waals surface area contributed by atoms with Gasteiger partial charge >= 0.3 is 0 Å². The van der Waals surface area contributed by atoms with Gasteiger partial charge in [0.05, 0.1) is 18.7 Å². The molecule has 9 nitrogen and oxygen atoms in total. The van der Waals surface area contributed by atoms with Crippen LogP contribution < -0.4 is 10.5 Å². The van der Waals surface area contributed by atoms with E-state index in [2.05, 4.69) is 25.0 Å². The molecule has 0 radical (unpaired) electrons. The predicted molar refractivity (Wildman–Crippen MR) is 96.8 cm³/mol. The van der Waals surface area contributed by atoms with Gasteiger partial charge in [-0.25, -0.2) is 9.97 Å². The number of phenols is 1. The van der Waals surface area contributed by atoms with Gasteiger partial charge in [0.15, 0.2) is 0 Å². The summed E-state index contributed by atoms with van der Waals surface area (Å²) in [5.41, 5.74) is 7.23. The SMILES string of the molecule is COc1ccc(CN2CCC[C@H]2c2nc(-c3cncnc3N)no2)c(O)c1. The molecule has 1 fully saturated rings. The standard InChI is InChI=1S/C18H20N6O3/c1-26-12-5-4-11(15(25)7-12)9-24-6-2-3-14(24)18-22-17(23-27-18)13-8-20-10-21-16(13)19/h4-5,7-8,10,14,25H,2-3,6,9H2,1H3,(H2,19,20,21)/t14-/m0/s1. The lowest BCUT2D eigenvalue weighted by Gasteiger charge is -2.22. The summed E-state index contributed by atoms with van der Waals surface area (Å²) < 4.78 is 10.6. The first-order chi connectivity index (χ1) is 13.2. The number of anilines is 1. The van der Waals surface area contributed by atoms with E-state index in [1.54, 1.807) is 19.4 Å². The summed E-state index contributed by atoms with van der Waals surface area (Å²) in [6.45, 7) is 1.46. The summed E-state index contributed by atoms with van der Waals surface area (Å²) in [4.78, 5) is 14.6. The molecule has 140 valence electrons. The topological polar surface area (TPSA) is 123 Å². The van der Waals surface area contributed by atoms with Crippen molar-refractivity contribution in [3.8, 4) is 22.9 Å². The van der Waals surface area contributed by atoms with E-state index in [1.165, 1.54) is 6.33 Å². The zero-order valence-electron chi connectivity index (χ0n) is 14.9. The van der Waals surface area contributed by atoms with E-state index < -0.39 is 0 Å². The molecule has 1 aliphatic heterocycles. The molecule has 1 atom stereocenters. The van der Waals surface area contributed by atoms with Gasteiger partial charge < -0.3 is 20.1 Å². The molecule has 1 aliphatic rings. The van der Waals surface area contributed by atoms with Crippen LogP contribution in [0.15, 0.2) is 35.2 Å². The lowest BCUT2D eigenvalue weighted by atomic mass is 10.1. The van der Waals surface area contributed by atoms with Gasteiger partial charge in [0.2, 0.25) is 11.7 Å². The van der Waals surface area contributed by atoms with Crippen LogP contribution in [0.2, 0.25) is 0 Å². The Balaban J connectivity index is 1.55. The second kappa shape index (κ2) is 7.20. The van der Waals surface area contributed by atoms with Crippen LogP contribution in [-0.4, -0.2) is 43.8 Å². The van der Waals surface area contributed by atoms with Crippen molar-refractivity contribution in [3.63, 3.8) is 0 Å². The molecule has 0 amide bonds. The number of phenolic OH excluding ortho intramolecular Hbond substituents is 1. The summed E-state index contributed by atoms with van der Waals surface area (Å²) in [6, 6.07) is 5.30. The van der Waals surface area contributed by atoms with Crippen molar-refractivity contribution in [3.05, 3.63) is 42.2 Å². The number of aromatic nitrogens is 4. The van der Waals surface area contributed by atoms with Crippen molar-refractivity contribution >= 4 is 5.82 Å². The number of rotatable bonds is 5. The van der Waals surface area contributed by atoms with Crippen LogP contribution in [-0.2, 0) is 6.54 Å². The number of benzene rings is 1. The van der Waals surface area contributed by atoms with Crippen molar-refractivity contribution in [1.29, 1.82) is 0 Å². The lowest BCUT2D eigenvalue weighted by Crippen LogP contribution is -2.23. The van der Waals surface area contributed by atoms with Gasteiger partial charge in [-0.05, 0) is 25.5 Å². The molecule has 0 bridgehead atoms. The second-order valence-corrected chi connectivity index (χ2v) is 6.40. The van der Waals surface area contributed by atoms with Gasteiger partial charge in [-0.3, -0.25) is 4.90 Å². The maximum Gasteiger partial charge on any atom is 0.244 e. The molecular weight excluding hydrogens is 348 g/mol. The molecule has 1 aromatic carbocycles. The van der Waals surface area contributed by atoms with Crippen LogP contribution in [0.4, 0.5) is 5.82 Å². The number of hydrogen-bond acceptors (Lipinski definition) is 9. The fourth-order valence-corrected chi connectivity index (χ4v) is 3.31. The van der Waals surface area contributed by atoms with Crippen LogP contribution in [0.3, 0.4) is 0 Å². The molecule has 2 aromatic heterocycles.